The summed E-state index contributed by atoms with van der Waals surface area (Å²) in [7, 11) is -2.53. The van der Waals surface area contributed by atoms with Crippen LogP contribution in [0.15, 0.2) is 48.5 Å². The van der Waals surface area contributed by atoms with E-state index in [1.807, 2.05) is 48.5 Å². The first-order chi connectivity index (χ1) is 9.31. The van der Waals surface area contributed by atoms with Crippen LogP contribution in [-0.4, -0.2) is 11.3 Å². The maximum Gasteiger partial charge on any atom is 0.387 e. The van der Waals surface area contributed by atoms with E-state index in [0.29, 0.717) is 6.61 Å². The van der Waals surface area contributed by atoms with Crippen molar-refractivity contribution in [2.75, 3.05) is 6.61 Å². The Morgan fingerprint density at radius 1 is 1.00 bits per heavy atom. The Kier molecular flexibility index (Phi) is 3.28. The number of hydrogen-bond acceptors (Lipinski definition) is 3. The van der Waals surface area contributed by atoms with Crippen molar-refractivity contribution in [1.82, 2.24) is 4.73 Å². The van der Waals surface area contributed by atoms with Gasteiger partial charge in [0, 0.05) is 10.8 Å². The van der Waals surface area contributed by atoms with E-state index in [1.165, 1.54) is 0 Å². The lowest BCUT2D eigenvalue weighted by molar-refractivity contribution is 0.228. The molecule has 0 N–H and O–H groups in total. The zero-order chi connectivity index (χ0) is 13.2. The van der Waals surface area contributed by atoms with Crippen molar-refractivity contribution in [3.05, 3.63) is 48.5 Å². The second-order valence-electron chi connectivity index (χ2n) is 4.10. The molecule has 98 valence electrons. The number of benzene rings is 2. The molecule has 0 fully saturated rings. The number of rotatable bonds is 4. The lowest BCUT2D eigenvalue weighted by Gasteiger charge is -2.08. The van der Waals surface area contributed by atoms with Crippen LogP contribution in [0.5, 0.6) is 0 Å². The first-order valence-electron chi connectivity index (χ1n) is 6.14. The largest absolute Gasteiger partial charge is 0.387 e. The van der Waals surface area contributed by atoms with Crippen molar-refractivity contribution in [3.63, 3.8) is 0 Å². The molecule has 0 radical (unpaired) electrons. The predicted octanol–water partition coefficient (Wildman–Crippen LogP) is 3.65. The lowest BCUT2D eigenvalue weighted by Crippen LogP contribution is -2.04. The molecule has 0 amide bonds. The topological polar surface area (TPSA) is 40.5 Å². The number of nitrogens with zero attached hydrogens (tertiary/aromatic N) is 1. The molecule has 0 bridgehead atoms. The van der Waals surface area contributed by atoms with E-state index < -0.39 is 8.25 Å². The average Bonchev–Trinajstić information content (AvgIpc) is 2.75. The van der Waals surface area contributed by atoms with Crippen molar-refractivity contribution in [2.45, 2.75) is 6.92 Å². The molecule has 2 aromatic carbocycles. The van der Waals surface area contributed by atoms with Crippen LogP contribution in [0.25, 0.3) is 21.8 Å². The monoisotopic (exact) mass is 275 g/mol. The van der Waals surface area contributed by atoms with Gasteiger partial charge in [-0.05, 0) is 19.1 Å². The third-order valence-electron chi connectivity index (χ3n) is 2.96. The van der Waals surface area contributed by atoms with Gasteiger partial charge in [0.25, 0.3) is 0 Å². The Morgan fingerprint density at radius 3 is 2.05 bits per heavy atom. The van der Waals surface area contributed by atoms with E-state index in [1.54, 1.807) is 11.7 Å². The minimum absolute atomic E-state index is 0.370. The molecular weight excluding hydrogens is 261 g/mol. The van der Waals surface area contributed by atoms with E-state index in [-0.39, 0.29) is 0 Å². The van der Waals surface area contributed by atoms with Gasteiger partial charge in [-0.1, -0.05) is 36.4 Å². The summed E-state index contributed by atoms with van der Waals surface area (Å²) < 4.78 is 23.8. The quantitative estimate of drug-likeness (QED) is 0.682. The normalized spacial score (nSPS) is 12.9. The van der Waals surface area contributed by atoms with Crippen molar-refractivity contribution in [2.24, 2.45) is 0 Å². The third kappa shape index (κ3) is 2.14. The van der Waals surface area contributed by atoms with Gasteiger partial charge in [0.05, 0.1) is 17.6 Å². The summed E-state index contributed by atoms with van der Waals surface area (Å²) in [4.78, 5) is 0. The summed E-state index contributed by atoms with van der Waals surface area (Å²) in [5, 5.41) is 2.15. The van der Waals surface area contributed by atoms with Crippen molar-refractivity contribution in [3.8, 4) is 0 Å². The van der Waals surface area contributed by atoms with Gasteiger partial charge in [-0.3, -0.25) is 0 Å². The smallest absolute Gasteiger partial charge is 0.334 e. The molecule has 5 heteroatoms. The molecule has 3 rings (SSSR count). The average molecular weight is 275 g/mol. The van der Waals surface area contributed by atoms with E-state index in [0.717, 1.165) is 21.8 Å². The number of para-hydroxylation sites is 2. The Morgan fingerprint density at radius 2 is 1.53 bits per heavy atom. The fourth-order valence-electron chi connectivity index (χ4n) is 2.20. The van der Waals surface area contributed by atoms with Crippen molar-refractivity contribution in [1.29, 1.82) is 0 Å². The highest BCUT2D eigenvalue weighted by Crippen LogP contribution is 2.31. The maximum absolute atomic E-state index is 11.7. The molecule has 0 saturated heterocycles. The molecule has 4 nitrogen and oxygen atoms in total. The molecule has 0 spiro atoms. The molecule has 1 atom stereocenters. The molecule has 0 aliphatic rings. The summed E-state index contributed by atoms with van der Waals surface area (Å²) in [5.74, 6) is 0. The van der Waals surface area contributed by atoms with Gasteiger partial charge in [-0.25, -0.2) is 4.57 Å². The molecule has 19 heavy (non-hydrogen) atoms. The molecule has 0 aliphatic heterocycles. The fraction of sp³-hybridized carbons (Fsp3) is 0.143. The number of aromatic nitrogens is 1. The Bertz CT molecular complexity index is 697. The van der Waals surface area contributed by atoms with Gasteiger partial charge in [-0.2, -0.15) is 4.73 Å². The fourth-order valence-corrected chi connectivity index (χ4v) is 2.84. The highest BCUT2D eigenvalue weighted by Gasteiger charge is 2.12. The second kappa shape index (κ2) is 5.08. The minimum atomic E-state index is -2.53. The zero-order valence-corrected chi connectivity index (χ0v) is 11.5. The summed E-state index contributed by atoms with van der Waals surface area (Å²) in [6.45, 7) is 2.16. The van der Waals surface area contributed by atoms with Gasteiger partial charge in [-0.15, -0.1) is 0 Å². The van der Waals surface area contributed by atoms with Crippen LogP contribution in [0, 0.1) is 0 Å². The van der Waals surface area contributed by atoms with Gasteiger partial charge < -0.3 is 9.15 Å². The van der Waals surface area contributed by atoms with E-state index in [2.05, 4.69) is 0 Å². The van der Waals surface area contributed by atoms with Crippen LogP contribution in [0.2, 0.25) is 0 Å². The summed E-state index contributed by atoms with van der Waals surface area (Å²) in [6, 6.07) is 15.7. The minimum Gasteiger partial charge on any atom is -0.334 e. The van der Waals surface area contributed by atoms with Crippen LogP contribution < -0.4 is 4.62 Å². The van der Waals surface area contributed by atoms with Crippen molar-refractivity contribution >= 4 is 30.1 Å². The SMILES string of the molecule is CCO[PH](=O)On1c2ccccc2c2ccccc21. The summed E-state index contributed by atoms with van der Waals surface area (Å²) in [5.41, 5.74) is 1.78. The highest BCUT2D eigenvalue weighted by molar-refractivity contribution is 7.33. The number of hydrogen-bond donors (Lipinski definition) is 0. The second-order valence-corrected chi connectivity index (χ2v) is 5.07. The summed E-state index contributed by atoms with van der Waals surface area (Å²) in [6.07, 6.45) is 0. The van der Waals surface area contributed by atoms with Crippen LogP contribution in [0.3, 0.4) is 0 Å². The van der Waals surface area contributed by atoms with Crippen LogP contribution in [0.1, 0.15) is 6.92 Å². The zero-order valence-electron chi connectivity index (χ0n) is 10.5. The van der Waals surface area contributed by atoms with Gasteiger partial charge in [0.2, 0.25) is 0 Å². The Balaban J connectivity index is 2.22. The summed E-state index contributed by atoms with van der Waals surface area (Å²) >= 11 is 0. The standard InChI is InChI=1S/C14H14NO3P/c1-2-17-19(16)18-15-13-9-5-3-7-11(13)12-8-4-6-10-14(12)15/h3-10,19H,2H2,1H3. The van der Waals surface area contributed by atoms with E-state index in [9.17, 15) is 4.57 Å². The molecule has 1 heterocycles. The molecule has 1 aromatic heterocycles. The van der Waals surface area contributed by atoms with Gasteiger partial charge in [0.15, 0.2) is 0 Å². The highest BCUT2D eigenvalue weighted by atomic mass is 31.1. The first-order valence-corrected chi connectivity index (χ1v) is 7.37. The van der Waals surface area contributed by atoms with E-state index >= 15 is 0 Å². The van der Waals surface area contributed by atoms with Crippen LogP contribution in [-0.2, 0) is 9.09 Å². The first kappa shape index (κ1) is 12.3. The van der Waals surface area contributed by atoms with Crippen molar-refractivity contribution < 1.29 is 13.7 Å². The molecule has 1 unspecified atom stereocenters. The van der Waals surface area contributed by atoms with Gasteiger partial charge in [0.1, 0.15) is 0 Å². The van der Waals surface area contributed by atoms with Crippen LogP contribution >= 0.6 is 8.25 Å². The maximum atomic E-state index is 11.7. The Labute approximate surface area is 111 Å². The molecule has 3 aromatic rings. The molecule has 0 saturated carbocycles. The van der Waals surface area contributed by atoms with E-state index in [4.69, 9.17) is 9.15 Å². The Hall–Kier alpha value is -1.77. The van der Waals surface area contributed by atoms with Gasteiger partial charge >= 0.3 is 8.25 Å². The van der Waals surface area contributed by atoms with Crippen LogP contribution in [0.4, 0.5) is 0 Å². The lowest BCUT2D eigenvalue weighted by atomic mass is 10.2. The number of fused-ring (bicyclic) bond motifs is 3. The third-order valence-corrected chi connectivity index (χ3v) is 3.82. The predicted molar refractivity (Wildman–Crippen MR) is 76.7 cm³/mol. The molecule has 0 aliphatic carbocycles. The molecular formula is C14H14NO3P.